The highest BCUT2D eigenvalue weighted by Crippen LogP contribution is 2.24. The molecule has 1 aromatic carbocycles. The van der Waals surface area contributed by atoms with E-state index < -0.39 is 0 Å². The minimum atomic E-state index is -0.173. The number of amides is 1. The van der Waals surface area contributed by atoms with Gasteiger partial charge in [-0.05, 0) is 35.7 Å². The summed E-state index contributed by atoms with van der Waals surface area (Å²) in [5.74, 6) is 0.0698. The molecule has 3 nitrogen and oxygen atoms in total. The van der Waals surface area contributed by atoms with Gasteiger partial charge >= 0.3 is 0 Å². The van der Waals surface area contributed by atoms with Crippen molar-refractivity contribution in [3.63, 3.8) is 0 Å². The highest BCUT2D eigenvalue weighted by molar-refractivity contribution is 6.30. The van der Waals surface area contributed by atoms with Crippen LogP contribution in [0.5, 0.6) is 0 Å². The lowest BCUT2D eigenvalue weighted by Gasteiger charge is -2.23. The predicted molar refractivity (Wildman–Crippen MR) is 85.7 cm³/mol. The summed E-state index contributed by atoms with van der Waals surface area (Å²) in [6.45, 7) is 4.11. The molecule has 1 amide bonds. The summed E-state index contributed by atoms with van der Waals surface area (Å²) >= 11 is 11.7. The van der Waals surface area contributed by atoms with Gasteiger partial charge in [0.15, 0.2) is 0 Å². The van der Waals surface area contributed by atoms with Crippen molar-refractivity contribution >= 4 is 29.1 Å². The lowest BCUT2D eigenvalue weighted by molar-refractivity contribution is 0.0925. The third kappa shape index (κ3) is 4.19. The number of rotatable bonds is 4. The summed E-state index contributed by atoms with van der Waals surface area (Å²) in [6, 6.07) is 10.6. The van der Waals surface area contributed by atoms with E-state index in [4.69, 9.17) is 23.2 Å². The molecule has 5 heteroatoms. The topological polar surface area (TPSA) is 42.0 Å². The number of nitrogens with zero attached hydrogens (tertiary/aromatic N) is 1. The van der Waals surface area contributed by atoms with Crippen molar-refractivity contribution in [1.29, 1.82) is 0 Å². The molecule has 0 aliphatic carbocycles. The molecule has 0 spiro atoms. The predicted octanol–water partition coefficient (Wildman–Crippen LogP) is 4.52. The first kappa shape index (κ1) is 15.8. The summed E-state index contributed by atoms with van der Waals surface area (Å²) in [4.78, 5) is 16.2. The van der Waals surface area contributed by atoms with E-state index in [1.165, 1.54) is 6.20 Å². The first-order valence-electron chi connectivity index (χ1n) is 6.65. The van der Waals surface area contributed by atoms with Crippen LogP contribution in [-0.4, -0.2) is 10.9 Å². The van der Waals surface area contributed by atoms with E-state index in [1.54, 1.807) is 12.1 Å². The number of carbonyl (C=O) groups is 1. The Morgan fingerprint density at radius 3 is 2.38 bits per heavy atom. The number of halogens is 2. The zero-order chi connectivity index (χ0) is 15.4. The Balaban J connectivity index is 2.20. The minimum absolute atomic E-state index is 0.0956. The zero-order valence-corrected chi connectivity index (χ0v) is 13.3. The van der Waals surface area contributed by atoms with Gasteiger partial charge in [0.2, 0.25) is 0 Å². The average molecular weight is 323 g/mol. The summed E-state index contributed by atoms with van der Waals surface area (Å²) in [6.07, 6.45) is 1.52. The normalized spacial score (nSPS) is 12.2. The molecule has 0 saturated heterocycles. The largest absolute Gasteiger partial charge is 0.345 e. The zero-order valence-electron chi connectivity index (χ0n) is 11.8. The maximum atomic E-state index is 12.3. The number of benzene rings is 1. The van der Waals surface area contributed by atoms with Crippen molar-refractivity contribution < 1.29 is 4.79 Å². The van der Waals surface area contributed by atoms with Crippen molar-refractivity contribution in [1.82, 2.24) is 10.3 Å². The maximum absolute atomic E-state index is 12.3. The van der Waals surface area contributed by atoms with Crippen LogP contribution < -0.4 is 5.32 Å². The monoisotopic (exact) mass is 322 g/mol. The summed E-state index contributed by atoms with van der Waals surface area (Å²) in [5.41, 5.74) is 1.51. The second kappa shape index (κ2) is 6.92. The Kier molecular flexibility index (Phi) is 5.21. The third-order valence-corrected chi connectivity index (χ3v) is 3.63. The molecule has 0 fully saturated rings. The molecule has 21 heavy (non-hydrogen) atoms. The van der Waals surface area contributed by atoms with Gasteiger partial charge in [-0.2, -0.15) is 0 Å². The van der Waals surface area contributed by atoms with Gasteiger partial charge in [0, 0.05) is 16.8 Å². The molecule has 0 saturated carbocycles. The van der Waals surface area contributed by atoms with Crippen LogP contribution in [-0.2, 0) is 0 Å². The van der Waals surface area contributed by atoms with Crippen molar-refractivity contribution in [2.75, 3.05) is 0 Å². The molecule has 0 aliphatic rings. The fourth-order valence-corrected chi connectivity index (χ4v) is 2.37. The number of hydrogen-bond acceptors (Lipinski definition) is 2. The Hall–Kier alpha value is -1.58. The first-order valence-corrected chi connectivity index (χ1v) is 7.41. The van der Waals surface area contributed by atoms with Gasteiger partial charge in [-0.25, -0.2) is 4.98 Å². The molecule has 1 aromatic heterocycles. The Bertz CT molecular complexity index is 626. The van der Waals surface area contributed by atoms with Crippen LogP contribution in [0.4, 0.5) is 0 Å². The smallest absolute Gasteiger partial charge is 0.251 e. The van der Waals surface area contributed by atoms with Crippen molar-refractivity contribution in [2.24, 2.45) is 5.92 Å². The van der Waals surface area contributed by atoms with Gasteiger partial charge in [0.1, 0.15) is 5.15 Å². The molecule has 2 aromatic rings. The van der Waals surface area contributed by atoms with Gasteiger partial charge in [-0.15, -0.1) is 0 Å². The SMILES string of the molecule is CC(C)C(NC(=O)c1ccnc(Cl)c1)c1ccc(Cl)cc1. The van der Waals surface area contributed by atoms with Crippen LogP contribution in [0.2, 0.25) is 10.2 Å². The van der Waals surface area contributed by atoms with E-state index in [0.29, 0.717) is 15.7 Å². The first-order chi connectivity index (χ1) is 9.97. The highest BCUT2D eigenvalue weighted by atomic mass is 35.5. The van der Waals surface area contributed by atoms with Crippen molar-refractivity contribution in [3.05, 3.63) is 63.9 Å². The highest BCUT2D eigenvalue weighted by Gasteiger charge is 2.19. The van der Waals surface area contributed by atoms with Gasteiger partial charge in [-0.3, -0.25) is 4.79 Å². The van der Waals surface area contributed by atoms with Crippen LogP contribution in [0.25, 0.3) is 0 Å². The lowest BCUT2D eigenvalue weighted by Crippen LogP contribution is -2.31. The molecular weight excluding hydrogens is 307 g/mol. The Labute approximate surface area is 134 Å². The maximum Gasteiger partial charge on any atom is 0.251 e. The quantitative estimate of drug-likeness (QED) is 0.841. The number of hydrogen-bond donors (Lipinski definition) is 1. The number of carbonyl (C=O) groups excluding carboxylic acids is 1. The molecule has 2 rings (SSSR count). The Morgan fingerprint density at radius 1 is 1.14 bits per heavy atom. The van der Waals surface area contributed by atoms with Crippen molar-refractivity contribution in [2.45, 2.75) is 19.9 Å². The van der Waals surface area contributed by atoms with Gasteiger partial charge < -0.3 is 5.32 Å². The van der Waals surface area contributed by atoms with Gasteiger partial charge in [-0.1, -0.05) is 49.2 Å². The lowest BCUT2D eigenvalue weighted by atomic mass is 9.95. The number of pyridine rings is 1. The summed E-state index contributed by atoms with van der Waals surface area (Å²) in [5, 5.41) is 4.00. The molecule has 0 aliphatic heterocycles. The molecule has 1 unspecified atom stereocenters. The van der Waals surface area contributed by atoms with E-state index in [2.05, 4.69) is 24.1 Å². The molecule has 0 bridgehead atoms. The minimum Gasteiger partial charge on any atom is -0.345 e. The molecule has 110 valence electrons. The second-order valence-corrected chi connectivity index (χ2v) is 5.94. The summed E-state index contributed by atoms with van der Waals surface area (Å²) < 4.78 is 0. The standard InChI is InChI=1S/C16H16Cl2N2O/c1-10(2)15(11-3-5-13(17)6-4-11)20-16(21)12-7-8-19-14(18)9-12/h3-10,15H,1-2H3,(H,20,21). The fraction of sp³-hybridized carbons (Fsp3) is 0.250. The molecule has 0 radical (unpaired) electrons. The third-order valence-electron chi connectivity index (χ3n) is 3.17. The number of nitrogens with one attached hydrogen (secondary N) is 1. The number of aromatic nitrogens is 1. The van der Waals surface area contributed by atoms with E-state index in [1.807, 2.05) is 24.3 Å². The van der Waals surface area contributed by atoms with E-state index in [-0.39, 0.29) is 17.9 Å². The van der Waals surface area contributed by atoms with Gasteiger partial charge in [0.25, 0.3) is 5.91 Å². The van der Waals surface area contributed by atoms with E-state index in [0.717, 1.165) is 5.56 Å². The second-order valence-electron chi connectivity index (χ2n) is 5.11. The van der Waals surface area contributed by atoms with E-state index >= 15 is 0 Å². The van der Waals surface area contributed by atoms with Gasteiger partial charge in [0.05, 0.1) is 6.04 Å². The molecule has 1 heterocycles. The van der Waals surface area contributed by atoms with Crippen molar-refractivity contribution in [3.8, 4) is 0 Å². The summed E-state index contributed by atoms with van der Waals surface area (Å²) in [7, 11) is 0. The molecular formula is C16H16Cl2N2O. The molecule has 1 atom stereocenters. The Morgan fingerprint density at radius 2 is 1.81 bits per heavy atom. The van der Waals surface area contributed by atoms with Crippen LogP contribution in [0.15, 0.2) is 42.6 Å². The van der Waals surface area contributed by atoms with Crippen LogP contribution >= 0.6 is 23.2 Å². The van der Waals surface area contributed by atoms with Crippen LogP contribution in [0.1, 0.15) is 35.8 Å². The van der Waals surface area contributed by atoms with E-state index in [9.17, 15) is 4.79 Å². The van der Waals surface area contributed by atoms with Crippen LogP contribution in [0, 0.1) is 5.92 Å². The fourth-order valence-electron chi connectivity index (χ4n) is 2.07. The molecule has 1 N–H and O–H groups in total. The average Bonchev–Trinajstić information content (AvgIpc) is 2.45. The van der Waals surface area contributed by atoms with Crippen LogP contribution in [0.3, 0.4) is 0 Å².